The average molecular weight is 509 g/mol. The van der Waals surface area contributed by atoms with Crippen molar-refractivity contribution in [2.75, 3.05) is 6.54 Å². The first-order valence-corrected chi connectivity index (χ1v) is 13.0. The molecule has 0 saturated carbocycles. The summed E-state index contributed by atoms with van der Waals surface area (Å²) in [6, 6.07) is 22.9. The van der Waals surface area contributed by atoms with E-state index in [0.717, 1.165) is 34.8 Å². The molecule has 0 aliphatic rings. The van der Waals surface area contributed by atoms with Gasteiger partial charge in [0.25, 0.3) is 10.0 Å². The van der Waals surface area contributed by atoms with E-state index in [1.807, 2.05) is 65.5 Å². The number of amides is 2. The maximum absolute atomic E-state index is 12.3. The lowest BCUT2D eigenvalue weighted by atomic mass is 10.1. The Morgan fingerprint density at radius 1 is 0.971 bits per heavy atom. The Labute approximate surface area is 209 Å². The van der Waals surface area contributed by atoms with Crippen molar-refractivity contribution in [2.24, 2.45) is 0 Å². The highest BCUT2D eigenvalue weighted by Crippen LogP contribution is 2.22. The molecule has 4 aromatic rings. The van der Waals surface area contributed by atoms with Gasteiger partial charge in [0.15, 0.2) is 0 Å². The molecule has 0 aliphatic carbocycles. The first kappa shape index (κ1) is 24.5. The van der Waals surface area contributed by atoms with Crippen LogP contribution in [0.5, 0.6) is 0 Å². The summed E-state index contributed by atoms with van der Waals surface area (Å²) >= 11 is 5.78. The summed E-state index contributed by atoms with van der Waals surface area (Å²) in [6.45, 7) is 2.36. The number of carbonyl (C=O) groups excluding carboxylic acids is 1. The highest BCUT2D eigenvalue weighted by molar-refractivity contribution is 7.90. The Morgan fingerprint density at radius 2 is 1.66 bits per heavy atom. The van der Waals surface area contributed by atoms with Crippen LogP contribution in [0.4, 0.5) is 4.79 Å². The summed E-state index contributed by atoms with van der Waals surface area (Å²) in [5.74, 6) is 0.969. The third kappa shape index (κ3) is 6.09. The highest BCUT2D eigenvalue weighted by Gasteiger charge is 2.17. The smallest absolute Gasteiger partial charge is 0.328 e. The molecule has 2 N–H and O–H groups in total. The van der Waals surface area contributed by atoms with E-state index in [1.54, 1.807) is 0 Å². The zero-order valence-electron chi connectivity index (χ0n) is 19.1. The molecule has 9 heteroatoms. The Morgan fingerprint density at radius 3 is 2.31 bits per heavy atom. The van der Waals surface area contributed by atoms with Crippen LogP contribution in [-0.4, -0.2) is 30.5 Å². The van der Waals surface area contributed by atoms with Crippen molar-refractivity contribution in [1.82, 2.24) is 19.6 Å². The predicted octanol–water partition coefficient (Wildman–Crippen LogP) is 4.99. The third-order valence-corrected chi connectivity index (χ3v) is 7.03. The second-order valence-corrected chi connectivity index (χ2v) is 9.98. The molecule has 0 aliphatic heterocycles. The van der Waals surface area contributed by atoms with Crippen molar-refractivity contribution < 1.29 is 13.2 Å². The molecule has 180 valence electrons. The maximum Gasteiger partial charge on any atom is 0.328 e. The van der Waals surface area contributed by atoms with Crippen LogP contribution in [0.1, 0.15) is 18.3 Å². The summed E-state index contributed by atoms with van der Waals surface area (Å²) in [5, 5.41) is 3.00. The largest absolute Gasteiger partial charge is 0.337 e. The van der Waals surface area contributed by atoms with Crippen molar-refractivity contribution in [1.29, 1.82) is 0 Å². The lowest BCUT2D eigenvalue weighted by Gasteiger charge is -2.10. The van der Waals surface area contributed by atoms with Crippen LogP contribution in [0.3, 0.4) is 0 Å². The van der Waals surface area contributed by atoms with Crippen LogP contribution < -0.4 is 10.0 Å². The summed E-state index contributed by atoms with van der Waals surface area (Å²) in [7, 11) is -3.96. The van der Waals surface area contributed by atoms with Crippen molar-refractivity contribution >= 4 is 27.7 Å². The topological polar surface area (TPSA) is 93.1 Å². The number of aromatic nitrogens is 2. The molecule has 0 bridgehead atoms. The van der Waals surface area contributed by atoms with Crippen molar-refractivity contribution in [3.63, 3.8) is 0 Å². The Balaban J connectivity index is 1.35. The van der Waals surface area contributed by atoms with Crippen molar-refractivity contribution in [3.05, 3.63) is 101 Å². The lowest BCUT2D eigenvalue weighted by molar-refractivity contribution is 0.246. The molecule has 4 rings (SSSR count). The molecule has 0 fully saturated rings. The summed E-state index contributed by atoms with van der Waals surface area (Å²) in [4.78, 5) is 16.8. The molecule has 0 unspecified atom stereocenters. The zero-order chi connectivity index (χ0) is 24.8. The van der Waals surface area contributed by atoms with E-state index in [9.17, 15) is 13.2 Å². The van der Waals surface area contributed by atoms with E-state index in [-0.39, 0.29) is 11.4 Å². The van der Waals surface area contributed by atoms with Gasteiger partial charge in [0.2, 0.25) is 0 Å². The summed E-state index contributed by atoms with van der Waals surface area (Å²) in [6.07, 6.45) is 3.39. The minimum Gasteiger partial charge on any atom is -0.337 e. The first-order chi connectivity index (χ1) is 16.9. The SMILES string of the molecule is CCc1nc(-c2ccccc2)cn1-c1ccc(CCNC(=O)NS(=O)(=O)c2ccc(Cl)cc2)cc1. The van der Waals surface area contributed by atoms with Gasteiger partial charge in [0.05, 0.1) is 10.6 Å². The molecule has 0 atom stereocenters. The lowest BCUT2D eigenvalue weighted by Crippen LogP contribution is -2.40. The van der Waals surface area contributed by atoms with Gasteiger partial charge in [0, 0.05) is 35.4 Å². The molecule has 1 heterocycles. The molecule has 3 aromatic carbocycles. The number of nitrogens with zero attached hydrogens (tertiary/aromatic N) is 2. The Bertz CT molecular complexity index is 1400. The molecule has 7 nitrogen and oxygen atoms in total. The standard InChI is InChI=1S/C26H25ClN4O3S/c1-2-25-29-24(20-6-4-3-5-7-20)18-31(25)22-12-8-19(9-13-22)16-17-28-26(32)30-35(33,34)23-14-10-21(27)11-15-23/h3-15,18H,2,16-17H2,1H3,(H2,28,30,32). The Hall–Kier alpha value is -3.62. The number of aryl methyl sites for hydroxylation is 1. The molecule has 0 radical (unpaired) electrons. The summed E-state index contributed by atoms with van der Waals surface area (Å²) in [5.41, 5.74) is 4.01. The van der Waals surface area contributed by atoms with Crippen LogP contribution in [0.25, 0.3) is 16.9 Å². The molecule has 35 heavy (non-hydrogen) atoms. The molecule has 2 amide bonds. The number of benzene rings is 3. The zero-order valence-corrected chi connectivity index (χ0v) is 20.7. The van der Waals surface area contributed by atoms with Gasteiger partial charge < -0.3 is 9.88 Å². The van der Waals surface area contributed by atoms with Crippen LogP contribution in [0, 0.1) is 0 Å². The number of nitrogens with one attached hydrogen (secondary N) is 2. The van der Waals surface area contributed by atoms with E-state index in [2.05, 4.69) is 16.8 Å². The molecule has 0 saturated heterocycles. The first-order valence-electron chi connectivity index (χ1n) is 11.1. The highest BCUT2D eigenvalue weighted by atomic mass is 35.5. The van der Waals surface area contributed by atoms with Crippen molar-refractivity contribution in [3.8, 4) is 16.9 Å². The minimum absolute atomic E-state index is 0.0333. The van der Waals surface area contributed by atoms with Gasteiger partial charge in [-0.25, -0.2) is 22.9 Å². The molecular formula is C26H25ClN4O3S. The van der Waals surface area contributed by atoms with E-state index in [0.29, 0.717) is 11.4 Å². The maximum atomic E-state index is 12.3. The number of imidazole rings is 1. The molecule has 1 aromatic heterocycles. The van der Waals surface area contributed by atoms with E-state index in [4.69, 9.17) is 16.6 Å². The van der Waals surface area contributed by atoms with Gasteiger partial charge in [-0.1, -0.05) is 61.0 Å². The van der Waals surface area contributed by atoms with E-state index >= 15 is 0 Å². The third-order valence-electron chi connectivity index (χ3n) is 5.43. The number of urea groups is 1. The predicted molar refractivity (Wildman–Crippen MR) is 137 cm³/mol. The normalized spacial score (nSPS) is 11.3. The Kier molecular flexibility index (Phi) is 7.53. The quantitative estimate of drug-likeness (QED) is 0.351. The van der Waals surface area contributed by atoms with Crippen LogP contribution in [0.2, 0.25) is 5.02 Å². The van der Waals surface area contributed by atoms with Gasteiger partial charge in [-0.2, -0.15) is 0 Å². The number of hydrogen-bond donors (Lipinski definition) is 2. The fourth-order valence-corrected chi connectivity index (χ4v) is 4.67. The number of sulfonamides is 1. The molecular weight excluding hydrogens is 484 g/mol. The second-order valence-electron chi connectivity index (χ2n) is 7.86. The van der Waals surface area contributed by atoms with Gasteiger partial charge >= 0.3 is 6.03 Å². The van der Waals surface area contributed by atoms with Crippen LogP contribution in [-0.2, 0) is 22.9 Å². The number of carbonyl (C=O) groups is 1. The minimum atomic E-state index is -3.96. The molecule has 0 spiro atoms. The van der Waals surface area contributed by atoms with Crippen LogP contribution >= 0.6 is 11.6 Å². The van der Waals surface area contributed by atoms with Gasteiger partial charge in [-0.3, -0.25) is 0 Å². The number of hydrogen-bond acceptors (Lipinski definition) is 4. The van der Waals surface area contributed by atoms with Gasteiger partial charge in [-0.05, 0) is 48.4 Å². The fraction of sp³-hybridized carbons (Fsp3) is 0.154. The van der Waals surface area contributed by atoms with E-state index in [1.165, 1.54) is 24.3 Å². The second kappa shape index (κ2) is 10.8. The number of rotatable bonds is 8. The van der Waals surface area contributed by atoms with Crippen LogP contribution in [0.15, 0.2) is 90.0 Å². The number of halogens is 1. The average Bonchev–Trinajstić information content (AvgIpc) is 3.30. The van der Waals surface area contributed by atoms with Crippen molar-refractivity contribution in [2.45, 2.75) is 24.7 Å². The fourth-order valence-electron chi connectivity index (χ4n) is 3.61. The van der Waals surface area contributed by atoms with Gasteiger partial charge in [-0.15, -0.1) is 0 Å². The summed E-state index contributed by atoms with van der Waals surface area (Å²) < 4.78 is 28.7. The monoisotopic (exact) mass is 508 g/mol. The van der Waals surface area contributed by atoms with E-state index < -0.39 is 16.1 Å². The van der Waals surface area contributed by atoms with Gasteiger partial charge in [0.1, 0.15) is 5.82 Å².